The van der Waals surface area contributed by atoms with Gasteiger partial charge in [0.15, 0.2) is 11.6 Å². The lowest BCUT2D eigenvalue weighted by atomic mass is 10.0. The fourth-order valence-electron chi connectivity index (χ4n) is 2.59. The first kappa shape index (κ1) is 16.0. The lowest BCUT2D eigenvalue weighted by molar-refractivity contribution is -0.148. The molecule has 1 N–H and O–H groups in total. The van der Waals surface area contributed by atoms with Crippen molar-refractivity contribution >= 4 is 17.6 Å². The van der Waals surface area contributed by atoms with Crippen LogP contribution in [0.15, 0.2) is 42.6 Å². The summed E-state index contributed by atoms with van der Waals surface area (Å²) in [6.07, 6.45) is 1.58. The number of carbonyl (C=O) groups excluding carboxylic acids is 2. The average molecular weight is 325 g/mol. The van der Waals surface area contributed by atoms with Crippen LogP contribution in [-0.2, 0) is 16.1 Å². The van der Waals surface area contributed by atoms with Crippen LogP contribution in [0.2, 0.25) is 0 Å². The molecule has 1 unspecified atom stereocenters. The Morgan fingerprint density at radius 2 is 2.00 bits per heavy atom. The standard InChI is InChI=1S/C18H19N3O3/c1-12-6-8-13(9-7-12)11-20-16(22)18(2)17(23)21(3)15-14(24-18)5-4-10-19-15/h4-10H,11H2,1-3H3,(H,20,22). The minimum absolute atomic E-state index is 0.328. The maximum Gasteiger partial charge on any atom is 0.281 e. The highest BCUT2D eigenvalue weighted by Crippen LogP contribution is 2.34. The second-order valence-corrected chi connectivity index (χ2v) is 5.99. The molecule has 0 saturated heterocycles. The van der Waals surface area contributed by atoms with Crippen LogP contribution >= 0.6 is 0 Å². The van der Waals surface area contributed by atoms with E-state index in [1.807, 2.05) is 31.2 Å². The van der Waals surface area contributed by atoms with Crippen LogP contribution in [-0.4, -0.2) is 29.4 Å². The minimum atomic E-state index is -1.62. The summed E-state index contributed by atoms with van der Waals surface area (Å²) < 4.78 is 5.71. The fraction of sp³-hybridized carbons (Fsp3) is 0.278. The predicted octanol–water partition coefficient (Wildman–Crippen LogP) is 1.82. The highest BCUT2D eigenvalue weighted by atomic mass is 16.5. The first-order valence-electron chi connectivity index (χ1n) is 7.68. The van der Waals surface area contributed by atoms with Crippen molar-refractivity contribution in [1.82, 2.24) is 10.3 Å². The molecule has 24 heavy (non-hydrogen) atoms. The second kappa shape index (κ2) is 5.96. The van der Waals surface area contributed by atoms with Crippen LogP contribution in [0.3, 0.4) is 0 Å². The molecular weight excluding hydrogens is 306 g/mol. The molecule has 1 aliphatic rings. The van der Waals surface area contributed by atoms with E-state index in [4.69, 9.17) is 4.74 Å². The molecule has 6 nitrogen and oxygen atoms in total. The van der Waals surface area contributed by atoms with E-state index < -0.39 is 17.4 Å². The maximum atomic E-state index is 12.6. The highest BCUT2D eigenvalue weighted by Gasteiger charge is 2.50. The van der Waals surface area contributed by atoms with Gasteiger partial charge in [-0.3, -0.25) is 14.5 Å². The van der Waals surface area contributed by atoms with Crippen molar-refractivity contribution in [3.05, 3.63) is 53.7 Å². The minimum Gasteiger partial charge on any atom is -0.464 e. The molecule has 1 aromatic heterocycles. The number of nitrogens with zero attached hydrogens (tertiary/aromatic N) is 2. The number of hydrogen-bond donors (Lipinski definition) is 1. The summed E-state index contributed by atoms with van der Waals surface area (Å²) in [5, 5.41) is 2.78. The Morgan fingerprint density at radius 3 is 2.71 bits per heavy atom. The third-order valence-electron chi connectivity index (χ3n) is 4.10. The molecule has 0 spiro atoms. The van der Waals surface area contributed by atoms with Gasteiger partial charge in [0.2, 0.25) is 0 Å². The third-order valence-corrected chi connectivity index (χ3v) is 4.10. The van der Waals surface area contributed by atoms with Crippen molar-refractivity contribution in [2.45, 2.75) is 26.0 Å². The quantitative estimate of drug-likeness (QED) is 0.874. The van der Waals surface area contributed by atoms with Crippen molar-refractivity contribution in [2.75, 3.05) is 11.9 Å². The molecule has 1 atom stereocenters. The molecule has 0 radical (unpaired) electrons. The number of pyridine rings is 1. The van der Waals surface area contributed by atoms with Crippen molar-refractivity contribution in [2.24, 2.45) is 0 Å². The lowest BCUT2D eigenvalue weighted by Crippen LogP contribution is -2.61. The highest BCUT2D eigenvalue weighted by molar-refractivity contribution is 6.15. The fourth-order valence-corrected chi connectivity index (χ4v) is 2.59. The number of fused-ring (bicyclic) bond motifs is 1. The van der Waals surface area contributed by atoms with E-state index in [1.165, 1.54) is 11.8 Å². The molecular formula is C18H19N3O3. The van der Waals surface area contributed by atoms with Crippen molar-refractivity contribution in [1.29, 1.82) is 0 Å². The topological polar surface area (TPSA) is 71.5 Å². The third kappa shape index (κ3) is 2.71. The zero-order valence-electron chi connectivity index (χ0n) is 13.9. The van der Waals surface area contributed by atoms with Gasteiger partial charge in [0, 0.05) is 19.8 Å². The van der Waals surface area contributed by atoms with Crippen LogP contribution in [0.25, 0.3) is 0 Å². The van der Waals surface area contributed by atoms with Crippen LogP contribution in [0.1, 0.15) is 18.1 Å². The Morgan fingerprint density at radius 1 is 1.29 bits per heavy atom. The number of anilines is 1. The first-order chi connectivity index (χ1) is 11.4. The van der Waals surface area contributed by atoms with E-state index >= 15 is 0 Å². The zero-order chi connectivity index (χ0) is 17.3. The van der Waals surface area contributed by atoms with Gasteiger partial charge >= 0.3 is 0 Å². The Labute approximate surface area is 140 Å². The zero-order valence-corrected chi connectivity index (χ0v) is 13.9. The van der Waals surface area contributed by atoms with Crippen molar-refractivity contribution < 1.29 is 14.3 Å². The molecule has 1 aromatic carbocycles. The van der Waals surface area contributed by atoms with Gasteiger partial charge in [0.1, 0.15) is 0 Å². The molecule has 2 amide bonds. The smallest absolute Gasteiger partial charge is 0.281 e. The maximum absolute atomic E-state index is 12.6. The molecule has 0 fully saturated rings. The van der Waals surface area contributed by atoms with Crippen LogP contribution < -0.4 is 15.0 Å². The number of hydrogen-bond acceptors (Lipinski definition) is 4. The van der Waals surface area contributed by atoms with Gasteiger partial charge in [-0.15, -0.1) is 0 Å². The van der Waals surface area contributed by atoms with E-state index in [0.717, 1.165) is 11.1 Å². The normalized spacial score (nSPS) is 19.5. The second-order valence-electron chi connectivity index (χ2n) is 5.99. The summed E-state index contributed by atoms with van der Waals surface area (Å²) in [4.78, 5) is 30.7. The summed E-state index contributed by atoms with van der Waals surface area (Å²) in [6.45, 7) is 3.81. The number of likely N-dealkylation sites (N-methyl/N-ethyl adjacent to an activating group) is 1. The number of aryl methyl sites for hydroxylation is 1. The molecule has 6 heteroatoms. The van der Waals surface area contributed by atoms with Gasteiger partial charge in [0.05, 0.1) is 0 Å². The van der Waals surface area contributed by atoms with E-state index in [-0.39, 0.29) is 0 Å². The number of nitrogens with one attached hydrogen (secondary N) is 1. The predicted molar refractivity (Wildman–Crippen MR) is 89.7 cm³/mol. The van der Waals surface area contributed by atoms with E-state index in [2.05, 4.69) is 10.3 Å². The molecule has 2 heterocycles. The number of benzene rings is 1. The van der Waals surface area contributed by atoms with Crippen LogP contribution in [0, 0.1) is 6.92 Å². The molecule has 0 saturated carbocycles. The van der Waals surface area contributed by atoms with Gasteiger partial charge in [-0.1, -0.05) is 29.8 Å². The molecule has 0 aliphatic carbocycles. The number of rotatable bonds is 3. The van der Waals surface area contributed by atoms with E-state index in [9.17, 15) is 9.59 Å². The van der Waals surface area contributed by atoms with Gasteiger partial charge in [-0.25, -0.2) is 4.98 Å². The lowest BCUT2D eigenvalue weighted by Gasteiger charge is -2.36. The molecule has 124 valence electrons. The summed E-state index contributed by atoms with van der Waals surface area (Å²) in [5.41, 5.74) is 0.486. The van der Waals surface area contributed by atoms with Crippen LogP contribution in [0.5, 0.6) is 5.75 Å². The van der Waals surface area contributed by atoms with E-state index in [0.29, 0.717) is 18.1 Å². The summed E-state index contributed by atoms with van der Waals surface area (Å²) in [5.74, 6) is -0.108. The Bertz CT molecular complexity index is 788. The van der Waals surface area contributed by atoms with Gasteiger partial charge in [-0.05, 0) is 31.5 Å². The number of ether oxygens (including phenoxy) is 1. The Hall–Kier alpha value is -2.89. The number of amides is 2. The molecule has 0 bridgehead atoms. The molecule has 3 rings (SSSR count). The summed E-state index contributed by atoms with van der Waals surface area (Å²) >= 11 is 0. The SMILES string of the molecule is Cc1ccc(CNC(=O)C2(C)Oc3cccnc3N(C)C2=O)cc1. The Kier molecular flexibility index (Phi) is 3.97. The van der Waals surface area contributed by atoms with Gasteiger partial charge in [0.25, 0.3) is 17.4 Å². The Balaban J connectivity index is 1.78. The van der Waals surface area contributed by atoms with Gasteiger partial charge < -0.3 is 10.1 Å². The monoisotopic (exact) mass is 325 g/mol. The van der Waals surface area contributed by atoms with Crippen molar-refractivity contribution in [3.8, 4) is 5.75 Å². The number of aromatic nitrogens is 1. The number of carbonyl (C=O) groups is 2. The molecule has 1 aliphatic heterocycles. The summed E-state index contributed by atoms with van der Waals surface area (Å²) in [6, 6.07) is 11.2. The average Bonchev–Trinajstić information content (AvgIpc) is 2.59. The summed E-state index contributed by atoms with van der Waals surface area (Å²) in [7, 11) is 1.59. The molecule has 2 aromatic rings. The van der Waals surface area contributed by atoms with E-state index in [1.54, 1.807) is 25.4 Å². The first-order valence-corrected chi connectivity index (χ1v) is 7.68. The van der Waals surface area contributed by atoms with Crippen LogP contribution in [0.4, 0.5) is 5.82 Å². The van der Waals surface area contributed by atoms with Gasteiger partial charge in [-0.2, -0.15) is 0 Å². The largest absolute Gasteiger partial charge is 0.464 e. The van der Waals surface area contributed by atoms with Crippen molar-refractivity contribution in [3.63, 3.8) is 0 Å².